The summed E-state index contributed by atoms with van der Waals surface area (Å²) in [4.78, 5) is 19.9. The summed E-state index contributed by atoms with van der Waals surface area (Å²) in [5, 5.41) is 15.4. The Bertz CT molecular complexity index is 930. The van der Waals surface area contributed by atoms with Gasteiger partial charge in [-0.2, -0.15) is 4.98 Å². The number of halogens is 1. The highest BCUT2D eigenvalue weighted by Crippen LogP contribution is 2.21. The van der Waals surface area contributed by atoms with Gasteiger partial charge < -0.3 is 15.7 Å². The fourth-order valence-corrected chi connectivity index (χ4v) is 2.66. The smallest absolute Gasteiger partial charge is 0.335 e. The van der Waals surface area contributed by atoms with E-state index in [1.54, 1.807) is 30.3 Å². The van der Waals surface area contributed by atoms with E-state index >= 15 is 0 Å². The molecule has 25 heavy (non-hydrogen) atoms. The van der Waals surface area contributed by atoms with Crippen LogP contribution in [-0.4, -0.2) is 21.0 Å². The third kappa shape index (κ3) is 4.54. The van der Waals surface area contributed by atoms with Crippen LogP contribution in [0.2, 0.25) is 0 Å². The summed E-state index contributed by atoms with van der Waals surface area (Å²) >= 11 is 3.43. The number of aryl methyl sites for hydroxylation is 1. The van der Waals surface area contributed by atoms with Crippen molar-refractivity contribution in [1.29, 1.82) is 0 Å². The zero-order valence-corrected chi connectivity index (χ0v) is 14.9. The fraction of sp³-hybridized carbons (Fsp3) is 0.0556. The van der Waals surface area contributed by atoms with Crippen LogP contribution in [0, 0.1) is 6.92 Å². The third-order valence-corrected chi connectivity index (χ3v) is 3.81. The summed E-state index contributed by atoms with van der Waals surface area (Å²) < 4.78 is 0.953. The molecule has 0 aliphatic rings. The zero-order chi connectivity index (χ0) is 17.8. The summed E-state index contributed by atoms with van der Waals surface area (Å²) in [6.45, 7) is 1.87. The number of benzene rings is 2. The lowest BCUT2D eigenvalue weighted by molar-refractivity contribution is 0.0697. The van der Waals surface area contributed by atoms with Gasteiger partial charge in [0, 0.05) is 27.6 Å². The molecule has 0 aliphatic heterocycles. The number of anilines is 4. The lowest BCUT2D eigenvalue weighted by Gasteiger charge is -2.10. The van der Waals surface area contributed by atoms with Gasteiger partial charge in [0.2, 0.25) is 5.95 Å². The molecule has 0 radical (unpaired) electrons. The van der Waals surface area contributed by atoms with E-state index in [1.165, 1.54) is 0 Å². The Kier molecular flexibility index (Phi) is 4.95. The Morgan fingerprint density at radius 1 is 1.00 bits per heavy atom. The molecule has 1 heterocycles. The number of aromatic carboxylic acids is 1. The molecule has 7 heteroatoms. The number of nitrogens with one attached hydrogen (secondary N) is 2. The van der Waals surface area contributed by atoms with Gasteiger partial charge >= 0.3 is 5.97 Å². The third-order valence-electron chi connectivity index (χ3n) is 3.32. The molecule has 0 fully saturated rings. The van der Waals surface area contributed by atoms with Crippen molar-refractivity contribution >= 4 is 45.0 Å². The van der Waals surface area contributed by atoms with E-state index in [9.17, 15) is 4.79 Å². The van der Waals surface area contributed by atoms with Crippen molar-refractivity contribution in [2.75, 3.05) is 10.6 Å². The highest BCUT2D eigenvalue weighted by atomic mass is 79.9. The van der Waals surface area contributed by atoms with Gasteiger partial charge in [-0.15, -0.1) is 0 Å². The molecule has 0 unspecified atom stereocenters. The van der Waals surface area contributed by atoms with Crippen LogP contribution in [0.25, 0.3) is 0 Å². The average molecular weight is 399 g/mol. The first-order valence-corrected chi connectivity index (χ1v) is 8.27. The Morgan fingerprint density at radius 2 is 1.72 bits per heavy atom. The predicted octanol–water partition coefficient (Wildman–Crippen LogP) is 4.73. The Morgan fingerprint density at radius 3 is 2.44 bits per heavy atom. The minimum atomic E-state index is -0.973. The SMILES string of the molecule is Cc1cc(Nc2cccc(C(=O)O)c2)nc(Nc2cccc(Br)c2)n1. The molecular weight excluding hydrogens is 384 g/mol. The first-order valence-electron chi connectivity index (χ1n) is 7.48. The van der Waals surface area contributed by atoms with Crippen LogP contribution in [0.15, 0.2) is 59.1 Å². The first kappa shape index (κ1) is 16.9. The van der Waals surface area contributed by atoms with Gasteiger partial charge in [0.05, 0.1) is 5.56 Å². The molecule has 1 aromatic heterocycles. The van der Waals surface area contributed by atoms with Crippen molar-refractivity contribution in [2.24, 2.45) is 0 Å². The van der Waals surface area contributed by atoms with E-state index in [1.807, 2.05) is 31.2 Å². The van der Waals surface area contributed by atoms with Gasteiger partial charge in [0.15, 0.2) is 0 Å². The molecule has 0 saturated carbocycles. The second kappa shape index (κ2) is 7.31. The van der Waals surface area contributed by atoms with Crippen LogP contribution in [0.1, 0.15) is 16.1 Å². The number of carbonyl (C=O) groups is 1. The van der Waals surface area contributed by atoms with E-state index in [0.29, 0.717) is 17.5 Å². The molecule has 0 amide bonds. The number of carboxylic acids is 1. The number of hydrogen-bond acceptors (Lipinski definition) is 5. The van der Waals surface area contributed by atoms with Crippen molar-refractivity contribution in [3.63, 3.8) is 0 Å². The standard InChI is InChI=1S/C18H15BrN4O2/c1-11-8-16(21-14-6-2-4-12(9-14)17(24)25)23-18(20-11)22-15-7-3-5-13(19)10-15/h2-10H,1H3,(H,24,25)(H2,20,21,22,23). The van der Waals surface area contributed by atoms with Crippen LogP contribution in [-0.2, 0) is 0 Å². The van der Waals surface area contributed by atoms with Crippen LogP contribution in [0.5, 0.6) is 0 Å². The lowest BCUT2D eigenvalue weighted by atomic mass is 10.2. The molecule has 0 atom stereocenters. The van der Waals surface area contributed by atoms with E-state index < -0.39 is 5.97 Å². The van der Waals surface area contributed by atoms with Crippen molar-refractivity contribution in [1.82, 2.24) is 9.97 Å². The summed E-state index contributed by atoms with van der Waals surface area (Å²) in [6.07, 6.45) is 0. The van der Waals surface area contributed by atoms with Gasteiger partial charge in [-0.05, 0) is 43.3 Å². The van der Waals surface area contributed by atoms with Crippen LogP contribution < -0.4 is 10.6 Å². The van der Waals surface area contributed by atoms with Gasteiger partial charge in [-0.1, -0.05) is 28.1 Å². The topological polar surface area (TPSA) is 87.1 Å². The molecule has 3 aromatic rings. The molecule has 0 aliphatic carbocycles. The molecule has 3 N–H and O–H groups in total. The molecule has 3 rings (SSSR count). The molecule has 6 nitrogen and oxygen atoms in total. The number of carboxylic acid groups (broad SMARTS) is 1. The maximum Gasteiger partial charge on any atom is 0.335 e. The summed E-state index contributed by atoms with van der Waals surface area (Å²) in [7, 11) is 0. The van der Waals surface area contributed by atoms with E-state index in [2.05, 4.69) is 36.5 Å². The van der Waals surface area contributed by atoms with Crippen molar-refractivity contribution in [2.45, 2.75) is 6.92 Å². The monoisotopic (exact) mass is 398 g/mol. The second-order valence-electron chi connectivity index (χ2n) is 5.36. The van der Waals surface area contributed by atoms with E-state index in [0.717, 1.165) is 15.9 Å². The number of nitrogens with zero attached hydrogens (tertiary/aromatic N) is 2. The number of rotatable bonds is 5. The zero-order valence-electron chi connectivity index (χ0n) is 13.3. The maximum atomic E-state index is 11.1. The molecule has 2 aromatic carbocycles. The van der Waals surface area contributed by atoms with Gasteiger partial charge in [-0.3, -0.25) is 0 Å². The number of hydrogen-bond donors (Lipinski definition) is 3. The second-order valence-corrected chi connectivity index (χ2v) is 6.28. The van der Waals surface area contributed by atoms with E-state index in [4.69, 9.17) is 5.11 Å². The summed E-state index contributed by atoms with van der Waals surface area (Å²) in [6, 6.07) is 16.0. The first-order chi connectivity index (χ1) is 12.0. The Hall–Kier alpha value is -2.93. The lowest BCUT2D eigenvalue weighted by Crippen LogP contribution is -2.03. The quantitative estimate of drug-likeness (QED) is 0.575. The fourth-order valence-electron chi connectivity index (χ4n) is 2.26. The largest absolute Gasteiger partial charge is 0.478 e. The van der Waals surface area contributed by atoms with E-state index in [-0.39, 0.29) is 5.56 Å². The molecular formula is C18H15BrN4O2. The predicted molar refractivity (Wildman–Crippen MR) is 101 cm³/mol. The minimum absolute atomic E-state index is 0.211. The van der Waals surface area contributed by atoms with Crippen molar-refractivity contribution in [3.8, 4) is 0 Å². The molecule has 0 spiro atoms. The highest BCUT2D eigenvalue weighted by Gasteiger charge is 2.06. The maximum absolute atomic E-state index is 11.1. The van der Waals surface area contributed by atoms with Crippen LogP contribution in [0.4, 0.5) is 23.1 Å². The van der Waals surface area contributed by atoms with Gasteiger partial charge in [0.25, 0.3) is 0 Å². The Labute approximate surface area is 153 Å². The van der Waals surface area contributed by atoms with Crippen LogP contribution >= 0.6 is 15.9 Å². The molecule has 0 bridgehead atoms. The van der Waals surface area contributed by atoms with Gasteiger partial charge in [-0.25, -0.2) is 9.78 Å². The summed E-state index contributed by atoms with van der Waals surface area (Å²) in [5.74, 6) is 0.0575. The van der Waals surface area contributed by atoms with Crippen molar-refractivity contribution in [3.05, 3.63) is 70.3 Å². The number of aromatic nitrogens is 2. The molecule has 126 valence electrons. The van der Waals surface area contributed by atoms with Crippen LogP contribution in [0.3, 0.4) is 0 Å². The normalized spacial score (nSPS) is 10.3. The highest BCUT2D eigenvalue weighted by molar-refractivity contribution is 9.10. The summed E-state index contributed by atoms with van der Waals surface area (Å²) in [5.41, 5.74) is 2.50. The molecule has 0 saturated heterocycles. The van der Waals surface area contributed by atoms with Gasteiger partial charge in [0.1, 0.15) is 5.82 Å². The minimum Gasteiger partial charge on any atom is -0.478 e. The average Bonchev–Trinajstić information content (AvgIpc) is 2.54. The Balaban J connectivity index is 1.84. The van der Waals surface area contributed by atoms with Crippen molar-refractivity contribution < 1.29 is 9.90 Å².